The first kappa shape index (κ1) is 10.7. The maximum Gasteiger partial charge on any atom is 0.198 e. The molecule has 2 heterocycles. The van der Waals surface area contributed by atoms with Crippen molar-refractivity contribution < 1.29 is 9.13 Å². The van der Waals surface area contributed by atoms with Gasteiger partial charge in [0.25, 0.3) is 0 Å². The van der Waals surface area contributed by atoms with E-state index in [9.17, 15) is 4.39 Å². The average Bonchev–Trinajstić information content (AvgIpc) is 2.82. The lowest BCUT2D eigenvalue weighted by Crippen LogP contribution is -1.90. The summed E-state index contributed by atoms with van der Waals surface area (Å²) >= 11 is 0. The molecule has 4 nitrogen and oxygen atoms in total. The van der Waals surface area contributed by atoms with Crippen molar-refractivity contribution in [2.24, 2.45) is 0 Å². The quantitative estimate of drug-likeness (QED) is 0.694. The zero-order valence-corrected chi connectivity index (χ0v) is 9.67. The summed E-state index contributed by atoms with van der Waals surface area (Å²) < 4.78 is 20.4. The molecule has 0 saturated carbocycles. The molecule has 18 heavy (non-hydrogen) atoms. The van der Waals surface area contributed by atoms with E-state index >= 15 is 0 Å². The Morgan fingerprint density at radius 2 is 2.00 bits per heavy atom. The Labute approximate surface area is 103 Å². The van der Waals surface area contributed by atoms with Crippen LogP contribution in [0.2, 0.25) is 0 Å². The number of nitrogens with zero attached hydrogens (tertiary/aromatic N) is 3. The second-order valence-electron chi connectivity index (χ2n) is 3.76. The monoisotopic (exact) mass is 243 g/mol. The number of halogens is 1. The van der Waals surface area contributed by atoms with Gasteiger partial charge in [-0.05, 0) is 24.3 Å². The molecule has 2 aromatic heterocycles. The van der Waals surface area contributed by atoms with Crippen LogP contribution in [0.15, 0.2) is 42.6 Å². The minimum absolute atomic E-state index is 0.340. The lowest BCUT2D eigenvalue weighted by Gasteiger charge is -1.98. The average molecular weight is 243 g/mol. The second kappa shape index (κ2) is 4.10. The van der Waals surface area contributed by atoms with E-state index in [1.807, 2.05) is 0 Å². The van der Waals surface area contributed by atoms with Gasteiger partial charge in [0.05, 0.1) is 12.7 Å². The van der Waals surface area contributed by atoms with Gasteiger partial charge in [-0.15, -0.1) is 5.10 Å². The predicted octanol–water partition coefficient (Wildman–Crippen LogP) is 2.54. The van der Waals surface area contributed by atoms with Gasteiger partial charge >= 0.3 is 0 Å². The molecule has 3 rings (SSSR count). The summed E-state index contributed by atoms with van der Waals surface area (Å²) in [5.41, 5.74) is 0.946. The van der Waals surface area contributed by atoms with Gasteiger partial charge in [-0.3, -0.25) is 0 Å². The number of hydrogen-bond donors (Lipinski definition) is 0. The van der Waals surface area contributed by atoms with Gasteiger partial charge in [-0.25, -0.2) is 13.9 Å². The SMILES string of the molecule is COc1cccn2nc(-c3ccccc3F)nc12. The molecule has 0 unspecified atom stereocenters. The standard InChI is InChI=1S/C13H10FN3O/c1-18-11-7-4-8-17-13(11)15-12(16-17)9-5-2-3-6-10(9)14/h2-8H,1H3. The van der Waals surface area contributed by atoms with Crippen LogP contribution in [-0.4, -0.2) is 21.7 Å². The minimum atomic E-state index is -0.340. The molecule has 1 aromatic carbocycles. The van der Waals surface area contributed by atoms with Gasteiger partial charge in [-0.1, -0.05) is 12.1 Å². The van der Waals surface area contributed by atoms with Crippen molar-refractivity contribution in [1.29, 1.82) is 0 Å². The zero-order chi connectivity index (χ0) is 12.5. The molecule has 3 aromatic rings. The molecular formula is C13H10FN3O. The zero-order valence-electron chi connectivity index (χ0n) is 9.67. The first-order valence-corrected chi connectivity index (χ1v) is 5.44. The van der Waals surface area contributed by atoms with Crippen LogP contribution >= 0.6 is 0 Å². The molecule has 5 heteroatoms. The van der Waals surface area contributed by atoms with E-state index in [0.717, 1.165) is 0 Å². The summed E-state index contributed by atoms with van der Waals surface area (Å²) in [6.45, 7) is 0. The Bertz CT molecular complexity index is 708. The Morgan fingerprint density at radius 1 is 1.17 bits per heavy atom. The highest BCUT2D eigenvalue weighted by atomic mass is 19.1. The molecule has 0 fully saturated rings. The highest BCUT2D eigenvalue weighted by Gasteiger charge is 2.12. The van der Waals surface area contributed by atoms with E-state index < -0.39 is 0 Å². The third-order valence-electron chi connectivity index (χ3n) is 2.66. The summed E-state index contributed by atoms with van der Waals surface area (Å²) in [5, 5.41) is 4.24. The summed E-state index contributed by atoms with van der Waals surface area (Å²) in [7, 11) is 1.56. The molecule has 0 aliphatic heterocycles. The number of fused-ring (bicyclic) bond motifs is 1. The van der Waals surface area contributed by atoms with Crippen LogP contribution in [0.1, 0.15) is 0 Å². The van der Waals surface area contributed by atoms with Gasteiger partial charge in [0.15, 0.2) is 17.2 Å². The summed E-state index contributed by atoms with van der Waals surface area (Å²) in [4.78, 5) is 4.30. The van der Waals surface area contributed by atoms with Gasteiger partial charge < -0.3 is 4.74 Å². The van der Waals surface area contributed by atoms with Gasteiger partial charge in [0, 0.05) is 6.20 Å². The van der Waals surface area contributed by atoms with Crippen molar-refractivity contribution in [2.75, 3.05) is 7.11 Å². The smallest absolute Gasteiger partial charge is 0.198 e. The van der Waals surface area contributed by atoms with Crippen molar-refractivity contribution in [3.63, 3.8) is 0 Å². The van der Waals surface area contributed by atoms with E-state index in [0.29, 0.717) is 22.8 Å². The molecule has 0 atom stereocenters. The van der Waals surface area contributed by atoms with E-state index in [-0.39, 0.29) is 5.82 Å². The van der Waals surface area contributed by atoms with Crippen LogP contribution in [0.3, 0.4) is 0 Å². The summed E-state index contributed by atoms with van der Waals surface area (Å²) in [6, 6.07) is 10.0. The van der Waals surface area contributed by atoms with E-state index in [1.165, 1.54) is 6.07 Å². The molecule has 0 saturated heterocycles. The molecule has 0 aliphatic carbocycles. The van der Waals surface area contributed by atoms with Crippen LogP contribution in [0.5, 0.6) is 5.75 Å². The first-order valence-electron chi connectivity index (χ1n) is 5.44. The number of hydrogen-bond acceptors (Lipinski definition) is 3. The maximum absolute atomic E-state index is 13.7. The van der Waals surface area contributed by atoms with Crippen molar-refractivity contribution in [3.8, 4) is 17.1 Å². The molecule has 0 spiro atoms. The van der Waals surface area contributed by atoms with Crippen molar-refractivity contribution in [3.05, 3.63) is 48.4 Å². The Balaban J connectivity index is 2.23. The van der Waals surface area contributed by atoms with Crippen molar-refractivity contribution in [2.45, 2.75) is 0 Å². The highest BCUT2D eigenvalue weighted by molar-refractivity contribution is 5.62. The van der Waals surface area contributed by atoms with Crippen LogP contribution in [-0.2, 0) is 0 Å². The number of aromatic nitrogens is 3. The lowest BCUT2D eigenvalue weighted by atomic mass is 10.2. The lowest BCUT2D eigenvalue weighted by molar-refractivity contribution is 0.416. The topological polar surface area (TPSA) is 39.4 Å². The molecule has 90 valence electrons. The fraction of sp³-hybridized carbons (Fsp3) is 0.0769. The van der Waals surface area contributed by atoms with Gasteiger partial charge in [0.1, 0.15) is 5.82 Å². The number of rotatable bonds is 2. The number of pyridine rings is 1. The second-order valence-corrected chi connectivity index (χ2v) is 3.76. The van der Waals surface area contributed by atoms with Crippen molar-refractivity contribution >= 4 is 5.65 Å². The fourth-order valence-electron chi connectivity index (χ4n) is 1.80. The Morgan fingerprint density at radius 3 is 2.78 bits per heavy atom. The predicted molar refractivity (Wildman–Crippen MR) is 64.9 cm³/mol. The minimum Gasteiger partial charge on any atom is -0.493 e. The van der Waals surface area contributed by atoms with E-state index in [2.05, 4.69) is 10.1 Å². The number of ether oxygens (including phenoxy) is 1. The maximum atomic E-state index is 13.7. The third kappa shape index (κ3) is 1.60. The van der Waals surface area contributed by atoms with E-state index in [4.69, 9.17) is 4.74 Å². The van der Waals surface area contributed by atoms with Crippen molar-refractivity contribution in [1.82, 2.24) is 14.6 Å². The highest BCUT2D eigenvalue weighted by Crippen LogP contribution is 2.23. The molecule has 0 N–H and O–H groups in total. The fourth-order valence-corrected chi connectivity index (χ4v) is 1.80. The van der Waals surface area contributed by atoms with Crippen LogP contribution in [0.4, 0.5) is 4.39 Å². The first-order chi connectivity index (χ1) is 8.79. The number of benzene rings is 1. The molecule has 0 aliphatic rings. The van der Waals surface area contributed by atoms with E-state index in [1.54, 1.807) is 48.2 Å². The molecular weight excluding hydrogens is 233 g/mol. The summed E-state index contributed by atoms with van der Waals surface area (Å²) in [6.07, 6.45) is 1.75. The third-order valence-corrected chi connectivity index (χ3v) is 2.66. The van der Waals surface area contributed by atoms with Crippen LogP contribution in [0, 0.1) is 5.82 Å². The number of methoxy groups -OCH3 is 1. The Hall–Kier alpha value is -2.43. The molecule has 0 amide bonds. The largest absolute Gasteiger partial charge is 0.493 e. The Kier molecular flexibility index (Phi) is 2.44. The molecule has 0 radical (unpaired) electrons. The van der Waals surface area contributed by atoms with Crippen LogP contribution < -0.4 is 4.74 Å². The molecule has 0 bridgehead atoms. The summed E-state index contributed by atoms with van der Waals surface area (Å²) in [5.74, 6) is 0.609. The van der Waals surface area contributed by atoms with Crippen LogP contribution in [0.25, 0.3) is 17.0 Å². The normalized spacial score (nSPS) is 10.8. The van der Waals surface area contributed by atoms with Gasteiger partial charge in [-0.2, -0.15) is 0 Å². The van der Waals surface area contributed by atoms with Gasteiger partial charge in [0.2, 0.25) is 0 Å².